The first-order valence-electron chi connectivity index (χ1n) is 7.92. The molecule has 1 heterocycles. The van der Waals surface area contributed by atoms with Crippen molar-refractivity contribution >= 4 is 29.2 Å². The van der Waals surface area contributed by atoms with Gasteiger partial charge in [-0.15, -0.1) is 0 Å². The van der Waals surface area contributed by atoms with E-state index in [1.165, 1.54) is 4.90 Å². The second kappa shape index (κ2) is 8.47. The number of urea groups is 1. The lowest BCUT2D eigenvalue weighted by Crippen LogP contribution is -2.40. The van der Waals surface area contributed by atoms with Crippen molar-refractivity contribution in [1.82, 2.24) is 15.5 Å². The van der Waals surface area contributed by atoms with Crippen molar-refractivity contribution in [3.63, 3.8) is 0 Å². The SMILES string of the molecule is CC(NC(=O)NCC1CCN(CC(F)(F)F)C1)c1ccc(Cl)cc1Cl. The van der Waals surface area contributed by atoms with E-state index in [1.807, 2.05) is 0 Å². The third-order valence-electron chi connectivity index (χ3n) is 4.10. The normalized spacial score (nSPS) is 19.7. The fourth-order valence-electron chi connectivity index (χ4n) is 2.89. The number of nitrogens with one attached hydrogen (secondary N) is 2. The average molecular weight is 398 g/mol. The van der Waals surface area contributed by atoms with E-state index in [9.17, 15) is 18.0 Å². The number of benzene rings is 1. The summed E-state index contributed by atoms with van der Waals surface area (Å²) in [6, 6.07) is 4.32. The van der Waals surface area contributed by atoms with Crippen LogP contribution in [0.4, 0.5) is 18.0 Å². The molecule has 25 heavy (non-hydrogen) atoms. The van der Waals surface area contributed by atoms with Crippen LogP contribution in [-0.4, -0.2) is 43.3 Å². The van der Waals surface area contributed by atoms with Crippen LogP contribution < -0.4 is 10.6 Å². The summed E-state index contributed by atoms with van der Waals surface area (Å²) in [4.78, 5) is 13.3. The molecule has 4 nitrogen and oxygen atoms in total. The minimum Gasteiger partial charge on any atom is -0.338 e. The lowest BCUT2D eigenvalue weighted by atomic mass is 10.1. The van der Waals surface area contributed by atoms with Crippen molar-refractivity contribution in [3.8, 4) is 0 Å². The van der Waals surface area contributed by atoms with Gasteiger partial charge >= 0.3 is 12.2 Å². The van der Waals surface area contributed by atoms with E-state index < -0.39 is 12.7 Å². The first-order valence-corrected chi connectivity index (χ1v) is 8.68. The first-order chi connectivity index (χ1) is 11.6. The predicted molar refractivity (Wildman–Crippen MR) is 92.0 cm³/mol. The number of halogens is 5. The third kappa shape index (κ3) is 6.56. The van der Waals surface area contributed by atoms with Crippen LogP contribution in [0.15, 0.2) is 18.2 Å². The molecule has 1 aromatic carbocycles. The summed E-state index contributed by atoms with van der Waals surface area (Å²) in [6.07, 6.45) is -3.55. The molecule has 1 aromatic rings. The van der Waals surface area contributed by atoms with Crippen molar-refractivity contribution in [3.05, 3.63) is 33.8 Å². The molecule has 2 rings (SSSR count). The molecular weight excluding hydrogens is 378 g/mol. The first kappa shape index (κ1) is 20.1. The van der Waals surface area contributed by atoms with Crippen molar-refractivity contribution < 1.29 is 18.0 Å². The monoisotopic (exact) mass is 397 g/mol. The third-order valence-corrected chi connectivity index (χ3v) is 4.66. The molecule has 2 unspecified atom stereocenters. The van der Waals surface area contributed by atoms with Gasteiger partial charge in [-0.3, -0.25) is 4.90 Å². The number of amides is 2. The van der Waals surface area contributed by atoms with Gasteiger partial charge in [-0.1, -0.05) is 29.3 Å². The van der Waals surface area contributed by atoms with Crippen molar-refractivity contribution in [2.45, 2.75) is 25.6 Å². The van der Waals surface area contributed by atoms with Crippen LogP contribution in [0.1, 0.15) is 24.9 Å². The quantitative estimate of drug-likeness (QED) is 0.780. The Bertz CT molecular complexity index is 613. The van der Waals surface area contributed by atoms with Crippen LogP contribution in [-0.2, 0) is 0 Å². The summed E-state index contributed by atoms with van der Waals surface area (Å²) in [5.74, 6) is 0.0162. The lowest BCUT2D eigenvalue weighted by Gasteiger charge is -2.19. The molecule has 9 heteroatoms. The van der Waals surface area contributed by atoms with E-state index in [1.54, 1.807) is 25.1 Å². The smallest absolute Gasteiger partial charge is 0.338 e. The zero-order valence-electron chi connectivity index (χ0n) is 13.7. The summed E-state index contributed by atoms with van der Waals surface area (Å²) >= 11 is 11.9. The number of carbonyl (C=O) groups is 1. The highest BCUT2D eigenvalue weighted by Gasteiger charge is 2.34. The fourth-order valence-corrected chi connectivity index (χ4v) is 3.46. The molecule has 0 saturated carbocycles. The van der Waals surface area contributed by atoms with Crippen molar-refractivity contribution in [2.75, 3.05) is 26.2 Å². The van der Waals surface area contributed by atoms with Gasteiger partial charge in [-0.05, 0) is 43.5 Å². The number of nitrogens with zero attached hydrogens (tertiary/aromatic N) is 1. The van der Waals surface area contributed by atoms with Gasteiger partial charge in [0.2, 0.25) is 0 Å². The van der Waals surface area contributed by atoms with Crippen LogP contribution in [0.2, 0.25) is 10.0 Å². The second-order valence-electron chi connectivity index (χ2n) is 6.25. The Balaban J connectivity index is 1.76. The molecule has 1 aliphatic heterocycles. The zero-order chi connectivity index (χ0) is 18.6. The van der Waals surface area contributed by atoms with Gasteiger partial charge in [0, 0.05) is 23.1 Å². The van der Waals surface area contributed by atoms with Gasteiger partial charge in [0.15, 0.2) is 0 Å². The molecular formula is C16H20Cl2F3N3O. The summed E-state index contributed by atoms with van der Waals surface area (Å²) < 4.78 is 37.1. The molecule has 1 saturated heterocycles. The lowest BCUT2D eigenvalue weighted by molar-refractivity contribution is -0.143. The number of alkyl halides is 3. The van der Waals surface area contributed by atoms with Crippen LogP contribution >= 0.6 is 23.2 Å². The molecule has 0 spiro atoms. The van der Waals surface area contributed by atoms with Crippen LogP contribution in [0.25, 0.3) is 0 Å². The average Bonchev–Trinajstić information content (AvgIpc) is 2.90. The number of hydrogen-bond donors (Lipinski definition) is 2. The van der Waals surface area contributed by atoms with Gasteiger partial charge in [-0.2, -0.15) is 13.2 Å². The highest BCUT2D eigenvalue weighted by molar-refractivity contribution is 6.35. The minimum absolute atomic E-state index is 0.0162. The maximum atomic E-state index is 12.4. The van der Waals surface area contributed by atoms with Crippen LogP contribution in [0.3, 0.4) is 0 Å². The van der Waals surface area contributed by atoms with Gasteiger partial charge in [-0.25, -0.2) is 4.79 Å². The Morgan fingerprint density at radius 2 is 2.12 bits per heavy atom. The van der Waals surface area contributed by atoms with Crippen molar-refractivity contribution in [1.29, 1.82) is 0 Å². The maximum Gasteiger partial charge on any atom is 0.401 e. The minimum atomic E-state index is -4.19. The summed E-state index contributed by atoms with van der Waals surface area (Å²) in [5.41, 5.74) is 0.735. The van der Waals surface area contributed by atoms with E-state index >= 15 is 0 Å². The Morgan fingerprint density at radius 3 is 2.76 bits per heavy atom. The van der Waals surface area contributed by atoms with Crippen LogP contribution in [0.5, 0.6) is 0 Å². The molecule has 2 N–H and O–H groups in total. The van der Waals surface area contributed by atoms with Gasteiger partial charge < -0.3 is 10.6 Å². The van der Waals surface area contributed by atoms with E-state index in [-0.39, 0.29) is 18.0 Å². The molecule has 2 atom stereocenters. The Labute approximate surface area is 154 Å². The van der Waals surface area contributed by atoms with E-state index in [2.05, 4.69) is 10.6 Å². The van der Waals surface area contributed by atoms with E-state index in [0.717, 1.165) is 5.56 Å². The summed E-state index contributed by atoms with van der Waals surface area (Å²) in [6.45, 7) is 1.95. The highest BCUT2D eigenvalue weighted by Crippen LogP contribution is 2.26. The molecule has 1 aliphatic rings. The molecule has 0 aliphatic carbocycles. The molecule has 2 amide bonds. The topological polar surface area (TPSA) is 44.4 Å². The number of hydrogen-bond acceptors (Lipinski definition) is 2. The maximum absolute atomic E-state index is 12.4. The fraction of sp³-hybridized carbons (Fsp3) is 0.562. The van der Waals surface area contributed by atoms with E-state index in [0.29, 0.717) is 36.1 Å². The summed E-state index contributed by atoms with van der Waals surface area (Å²) in [5, 5.41) is 6.44. The highest BCUT2D eigenvalue weighted by atomic mass is 35.5. The predicted octanol–water partition coefficient (Wildman–Crippen LogP) is 4.24. The van der Waals surface area contributed by atoms with Gasteiger partial charge in [0.25, 0.3) is 0 Å². The zero-order valence-corrected chi connectivity index (χ0v) is 15.2. The molecule has 140 valence electrons. The van der Waals surface area contributed by atoms with E-state index in [4.69, 9.17) is 23.2 Å². The van der Waals surface area contributed by atoms with Crippen molar-refractivity contribution in [2.24, 2.45) is 5.92 Å². The second-order valence-corrected chi connectivity index (χ2v) is 7.09. The largest absolute Gasteiger partial charge is 0.401 e. The Kier molecular flexibility index (Phi) is 6.82. The summed E-state index contributed by atoms with van der Waals surface area (Å²) in [7, 11) is 0. The number of carbonyl (C=O) groups excluding carboxylic acids is 1. The van der Waals surface area contributed by atoms with Gasteiger partial charge in [0.1, 0.15) is 0 Å². The molecule has 1 fully saturated rings. The number of likely N-dealkylation sites (tertiary alicyclic amines) is 1. The molecule has 0 radical (unpaired) electrons. The molecule has 0 aromatic heterocycles. The standard InChI is InChI=1S/C16H20Cl2F3N3O/c1-10(13-3-2-12(17)6-14(13)18)23-15(25)22-7-11-4-5-24(8-11)9-16(19,20)21/h2-3,6,10-11H,4-5,7-9H2,1H3,(H2,22,23,25). The Morgan fingerprint density at radius 1 is 1.40 bits per heavy atom. The van der Waals surface area contributed by atoms with Gasteiger partial charge in [0.05, 0.1) is 12.6 Å². The number of rotatable bonds is 5. The van der Waals surface area contributed by atoms with Crippen LogP contribution in [0, 0.1) is 5.92 Å². The Hall–Kier alpha value is -1.18. The molecule has 0 bridgehead atoms.